The molecule has 0 aliphatic heterocycles. The molecule has 0 saturated heterocycles. The highest BCUT2D eigenvalue weighted by Gasteiger charge is 2.26. The third-order valence-corrected chi connectivity index (χ3v) is 2.40. The zero-order chi connectivity index (χ0) is 12.3. The highest BCUT2D eigenvalue weighted by atomic mass is 16.5. The quantitative estimate of drug-likeness (QED) is 0.541. The van der Waals surface area contributed by atoms with E-state index in [9.17, 15) is 9.59 Å². The highest BCUT2D eigenvalue weighted by Crippen LogP contribution is 2.22. The lowest BCUT2D eigenvalue weighted by Crippen LogP contribution is -2.19. The first-order valence-corrected chi connectivity index (χ1v) is 5.15. The Balaban J connectivity index is 3.11. The molecular formula is C13H16O3. The third kappa shape index (κ3) is 2.48. The normalized spacial score (nSPS) is 16.1. The van der Waals surface area contributed by atoms with Crippen molar-refractivity contribution in [3.8, 4) is 0 Å². The van der Waals surface area contributed by atoms with Crippen LogP contribution in [-0.2, 0) is 14.3 Å². The smallest absolute Gasteiger partial charge is 0.223 e. The van der Waals surface area contributed by atoms with Crippen LogP contribution in [0.25, 0.3) is 0 Å². The van der Waals surface area contributed by atoms with Gasteiger partial charge in [0.05, 0.1) is 7.11 Å². The molecule has 0 heterocycles. The predicted octanol–water partition coefficient (Wildman–Crippen LogP) is 2.34. The first kappa shape index (κ1) is 12.4. The van der Waals surface area contributed by atoms with Crippen LogP contribution in [0.3, 0.4) is 0 Å². The molecule has 3 heteroatoms. The molecule has 0 unspecified atom stereocenters. The van der Waals surface area contributed by atoms with Crippen LogP contribution < -0.4 is 0 Å². The van der Waals surface area contributed by atoms with Crippen LogP contribution in [0.1, 0.15) is 27.2 Å². The van der Waals surface area contributed by atoms with Gasteiger partial charge in [0, 0.05) is 11.1 Å². The minimum absolute atomic E-state index is 0.133. The molecule has 0 aromatic rings. The van der Waals surface area contributed by atoms with Gasteiger partial charge in [-0.25, -0.2) is 0 Å². The number of ether oxygens (including phenoxy) is 1. The maximum Gasteiger partial charge on any atom is 0.223 e. The van der Waals surface area contributed by atoms with Gasteiger partial charge in [0.1, 0.15) is 0 Å². The van der Waals surface area contributed by atoms with E-state index in [0.29, 0.717) is 17.6 Å². The number of carbonyl (C=O) groups is 2. The standard InChI is InChI=1S/C13H16O3/c1-8(2)5-6-10-11(14)7-9(3)12(15)13(10)16-4/h5,7H,6H2,1-4H3. The van der Waals surface area contributed by atoms with Crippen molar-refractivity contribution in [1.29, 1.82) is 0 Å². The zero-order valence-electron chi connectivity index (χ0n) is 10.1. The Morgan fingerprint density at radius 3 is 2.50 bits per heavy atom. The van der Waals surface area contributed by atoms with Crippen molar-refractivity contribution in [3.05, 3.63) is 34.6 Å². The lowest BCUT2D eigenvalue weighted by atomic mass is 9.93. The molecule has 0 radical (unpaired) electrons. The van der Waals surface area contributed by atoms with Gasteiger partial charge in [0.25, 0.3) is 0 Å². The topological polar surface area (TPSA) is 43.4 Å². The minimum atomic E-state index is -0.195. The summed E-state index contributed by atoms with van der Waals surface area (Å²) in [5.41, 5.74) is 1.98. The maximum atomic E-state index is 11.7. The van der Waals surface area contributed by atoms with E-state index in [-0.39, 0.29) is 17.3 Å². The monoisotopic (exact) mass is 220 g/mol. The van der Waals surface area contributed by atoms with Gasteiger partial charge in [-0.2, -0.15) is 0 Å². The van der Waals surface area contributed by atoms with Gasteiger partial charge in [0.2, 0.25) is 5.78 Å². The molecule has 86 valence electrons. The molecule has 0 atom stereocenters. The van der Waals surface area contributed by atoms with Crippen LogP contribution in [0.15, 0.2) is 34.6 Å². The summed E-state index contributed by atoms with van der Waals surface area (Å²) in [5.74, 6) is -0.145. The molecular weight excluding hydrogens is 204 g/mol. The molecule has 0 bridgehead atoms. The largest absolute Gasteiger partial charge is 0.492 e. The van der Waals surface area contributed by atoms with Crippen molar-refractivity contribution < 1.29 is 14.3 Å². The maximum absolute atomic E-state index is 11.7. The molecule has 16 heavy (non-hydrogen) atoms. The Morgan fingerprint density at radius 1 is 1.38 bits per heavy atom. The summed E-state index contributed by atoms with van der Waals surface area (Å²) in [7, 11) is 1.42. The number of allylic oxidation sites excluding steroid dienone is 5. The van der Waals surface area contributed by atoms with Gasteiger partial charge in [-0.3, -0.25) is 9.59 Å². The van der Waals surface area contributed by atoms with Crippen LogP contribution >= 0.6 is 0 Å². The molecule has 0 fully saturated rings. The van der Waals surface area contributed by atoms with Crippen LogP contribution in [0.2, 0.25) is 0 Å². The Morgan fingerprint density at radius 2 is 2.00 bits per heavy atom. The van der Waals surface area contributed by atoms with Gasteiger partial charge in [0.15, 0.2) is 11.5 Å². The Kier molecular flexibility index (Phi) is 3.82. The fraction of sp³-hybridized carbons (Fsp3) is 0.385. The average Bonchev–Trinajstić information content (AvgIpc) is 2.21. The molecule has 1 aliphatic rings. The van der Waals surface area contributed by atoms with E-state index in [2.05, 4.69) is 0 Å². The number of rotatable bonds is 3. The zero-order valence-corrected chi connectivity index (χ0v) is 10.1. The lowest BCUT2D eigenvalue weighted by Gasteiger charge is -2.15. The Labute approximate surface area is 95.5 Å². The summed E-state index contributed by atoms with van der Waals surface area (Å²) in [6.45, 7) is 5.52. The van der Waals surface area contributed by atoms with Crippen LogP contribution in [0.4, 0.5) is 0 Å². The second-order valence-electron chi connectivity index (χ2n) is 4.02. The van der Waals surface area contributed by atoms with Crippen molar-refractivity contribution in [3.63, 3.8) is 0 Å². The van der Waals surface area contributed by atoms with Gasteiger partial charge in [-0.05, 0) is 33.3 Å². The molecule has 0 amide bonds. The Hall–Kier alpha value is -1.64. The number of ketones is 2. The van der Waals surface area contributed by atoms with Crippen molar-refractivity contribution in [2.24, 2.45) is 0 Å². The second-order valence-corrected chi connectivity index (χ2v) is 4.02. The summed E-state index contributed by atoms with van der Waals surface area (Å²) < 4.78 is 5.03. The highest BCUT2D eigenvalue weighted by molar-refractivity contribution is 6.21. The average molecular weight is 220 g/mol. The van der Waals surface area contributed by atoms with E-state index in [0.717, 1.165) is 5.57 Å². The number of methoxy groups -OCH3 is 1. The molecule has 0 spiro atoms. The molecule has 1 aliphatic carbocycles. The van der Waals surface area contributed by atoms with Crippen molar-refractivity contribution in [1.82, 2.24) is 0 Å². The lowest BCUT2D eigenvalue weighted by molar-refractivity contribution is -0.118. The minimum Gasteiger partial charge on any atom is -0.492 e. The van der Waals surface area contributed by atoms with Gasteiger partial charge < -0.3 is 4.74 Å². The van der Waals surface area contributed by atoms with Crippen molar-refractivity contribution >= 4 is 11.6 Å². The van der Waals surface area contributed by atoms with E-state index in [1.807, 2.05) is 19.9 Å². The van der Waals surface area contributed by atoms with E-state index >= 15 is 0 Å². The predicted molar refractivity (Wildman–Crippen MR) is 61.9 cm³/mol. The fourth-order valence-electron chi connectivity index (χ4n) is 1.49. The first-order chi connectivity index (χ1) is 7.47. The summed E-state index contributed by atoms with van der Waals surface area (Å²) in [4.78, 5) is 23.5. The van der Waals surface area contributed by atoms with Crippen molar-refractivity contribution in [2.45, 2.75) is 27.2 Å². The molecule has 1 rings (SSSR count). The number of hydrogen-bond donors (Lipinski definition) is 0. The van der Waals surface area contributed by atoms with Gasteiger partial charge in [-0.1, -0.05) is 11.6 Å². The van der Waals surface area contributed by atoms with E-state index < -0.39 is 0 Å². The molecule has 0 saturated carbocycles. The van der Waals surface area contributed by atoms with E-state index in [1.54, 1.807) is 6.92 Å². The molecule has 0 N–H and O–H groups in total. The SMILES string of the molecule is COC1=C(CC=C(C)C)C(=O)C=C(C)C1=O. The van der Waals surface area contributed by atoms with Gasteiger partial charge in [-0.15, -0.1) is 0 Å². The summed E-state index contributed by atoms with van der Waals surface area (Å²) in [6.07, 6.45) is 3.73. The van der Waals surface area contributed by atoms with E-state index in [4.69, 9.17) is 4.74 Å². The van der Waals surface area contributed by atoms with Crippen LogP contribution in [0.5, 0.6) is 0 Å². The van der Waals surface area contributed by atoms with Gasteiger partial charge >= 0.3 is 0 Å². The third-order valence-electron chi connectivity index (χ3n) is 2.40. The van der Waals surface area contributed by atoms with Crippen LogP contribution in [0, 0.1) is 0 Å². The number of Topliss-reactive ketones (excluding diaryl/α,β-unsaturated/α-hetero) is 1. The van der Waals surface area contributed by atoms with E-state index in [1.165, 1.54) is 13.2 Å². The molecule has 0 aromatic carbocycles. The summed E-state index contributed by atoms with van der Waals surface area (Å²) in [5, 5.41) is 0. The molecule has 0 aromatic heterocycles. The molecule has 3 nitrogen and oxygen atoms in total. The number of carbonyl (C=O) groups excluding carboxylic acids is 2. The second kappa shape index (κ2) is 4.92. The first-order valence-electron chi connectivity index (χ1n) is 5.15. The summed E-state index contributed by atoms with van der Waals surface area (Å²) in [6, 6.07) is 0. The summed E-state index contributed by atoms with van der Waals surface area (Å²) >= 11 is 0. The fourth-order valence-corrected chi connectivity index (χ4v) is 1.49. The van der Waals surface area contributed by atoms with Crippen molar-refractivity contribution in [2.75, 3.05) is 7.11 Å². The number of hydrogen-bond acceptors (Lipinski definition) is 3. The van der Waals surface area contributed by atoms with Crippen LogP contribution in [-0.4, -0.2) is 18.7 Å². The Bertz CT molecular complexity index is 418.